The smallest absolute Gasteiger partial charge is 0.0210 e. The van der Waals surface area contributed by atoms with Crippen LogP contribution in [0.1, 0.15) is 34.2 Å². The number of thiol groups is 1. The van der Waals surface area contributed by atoms with Crippen molar-refractivity contribution in [3.63, 3.8) is 0 Å². The van der Waals surface area contributed by atoms with E-state index in [0.717, 1.165) is 25.3 Å². The molecule has 0 saturated carbocycles. The van der Waals surface area contributed by atoms with Crippen LogP contribution in [-0.4, -0.2) is 12.3 Å². The van der Waals surface area contributed by atoms with E-state index in [2.05, 4.69) is 51.7 Å². The summed E-state index contributed by atoms with van der Waals surface area (Å²) in [6.45, 7) is 10.9. The highest BCUT2D eigenvalue weighted by Crippen LogP contribution is 2.21. The summed E-state index contributed by atoms with van der Waals surface area (Å²) in [6, 6.07) is 2.28. The molecular formula is C14H23NS. The van der Waals surface area contributed by atoms with Crippen molar-refractivity contribution in [1.82, 2.24) is 5.32 Å². The van der Waals surface area contributed by atoms with Crippen molar-refractivity contribution in [2.45, 2.75) is 40.7 Å². The molecule has 0 atom stereocenters. The molecule has 0 saturated heterocycles. The molecule has 0 unspecified atom stereocenters. The molecule has 2 heteroatoms. The topological polar surface area (TPSA) is 12.0 Å². The average Bonchev–Trinajstić information content (AvgIpc) is 2.25. The van der Waals surface area contributed by atoms with E-state index in [4.69, 9.17) is 0 Å². The summed E-state index contributed by atoms with van der Waals surface area (Å²) in [5.41, 5.74) is 7.13. The molecule has 0 spiro atoms. The predicted octanol–water partition coefficient (Wildman–Crippen LogP) is 3.33. The van der Waals surface area contributed by atoms with Crippen LogP contribution in [0.2, 0.25) is 0 Å². The fourth-order valence-corrected chi connectivity index (χ4v) is 2.14. The average molecular weight is 237 g/mol. The van der Waals surface area contributed by atoms with Crippen molar-refractivity contribution in [3.8, 4) is 0 Å². The molecule has 0 aliphatic carbocycles. The van der Waals surface area contributed by atoms with Gasteiger partial charge in [-0.1, -0.05) is 6.07 Å². The Labute approximate surface area is 105 Å². The molecule has 1 nitrogen and oxygen atoms in total. The second-order valence-electron chi connectivity index (χ2n) is 4.49. The first kappa shape index (κ1) is 13.6. The zero-order valence-corrected chi connectivity index (χ0v) is 11.7. The van der Waals surface area contributed by atoms with E-state index in [1.807, 2.05) is 0 Å². The summed E-state index contributed by atoms with van der Waals surface area (Å²) < 4.78 is 0. The highest BCUT2D eigenvalue weighted by atomic mass is 32.1. The van der Waals surface area contributed by atoms with Crippen molar-refractivity contribution >= 4 is 12.6 Å². The normalized spacial score (nSPS) is 10.8. The van der Waals surface area contributed by atoms with Crippen molar-refractivity contribution < 1.29 is 0 Å². The lowest BCUT2D eigenvalue weighted by atomic mass is 9.94. The number of rotatable bonds is 5. The van der Waals surface area contributed by atoms with E-state index < -0.39 is 0 Å². The summed E-state index contributed by atoms with van der Waals surface area (Å²) >= 11 is 4.21. The van der Waals surface area contributed by atoms with Crippen LogP contribution in [0.3, 0.4) is 0 Å². The van der Waals surface area contributed by atoms with Crippen LogP contribution in [0.15, 0.2) is 6.07 Å². The molecular weight excluding hydrogens is 214 g/mol. The molecule has 0 radical (unpaired) electrons. The number of nitrogens with one attached hydrogen (secondary N) is 1. The first-order chi connectivity index (χ1) is 7.57. The van der Waals surface area contributed by atoms with Crippen LogP contribution in [0, 0.1) is 27.7 Å². The standard InChI is InChI=1S/C14H23NS/c1-10-8-11(2)13(4)14(12(10)3)9-15-6-5-7-16/h8,15-16H,5-7,9H2,1-4H3. The van der Waals surface area contributed by atoms with Crippen molar-refractivity contribution in [2.24, 2.45) is 0 Å². The molecule has 0 aliphatic rings. The van der Waals surface area contributed by atoms with Gasteiger partial charge in [0.15, 0.2) is 0 Å². The molecule has 0 fully saturated rings. The van der Waals surface area contributed by atoms with E-state index in [9.17, 15) is 0 Å². The second kappa shape index (κ2) is 6.31. The summed E-state index contributed by atoms with van der Waals surface area (Å²) in [5.74, 6) is 0.956. The Morgan fingerprint density at radius 1 is 1.06 bits per heavy atom. The third-order valence-electron chi connectivity index (χ3n) is 3.33. The quantitative estimate of drug-likeness (QED) is 0.591. The molecule has 1 rings (SSSR count). The molecule has 0 aromatic heterocycles. The minimum absolute atomic E-state index is 0.956. The zero-order valence-electron chi connectivity index (χ0n) is 10.9. The van der Waals surface area contributed by atoms with Gasteiger partial charge in [0.2, 0.25) is 0 Å². The summed E-state index contributed by atoms with van der Waals surface area (Å²) in [7, 11) is 0. The molecule has 90 valence electrons. The van der Waals surface area contributed by atoms with Gasteiger partial charge >= 0.3 is 0 Å². The fourth-order valence-electron chi connectivity index (χ4n) is 1.98. The summed E-state index contributed by atoms with van der Waals surface area (Å²) in [6.07, 6.45) is 1.13. The van der Waals surface area contributed by atoms with Crippen LogP contribution < -0.4 is 5.32 Å². The maximum atomic E-state index is 4.21. The highest BCUT2D eigenvalue weighted by Gasteiger charge is 2.07. The molecule has 16 heavy (non-hydrogen) atoms. The Balaban J connectivity index is 2.78. The number of hydrogen-bond acceptors (Lipinski definition) is 2. The van der Waals surface area contributed by atoms with E-state index in [1.54, 1.807) is 0 Å². The van der Waals surface area contributed by atoms with E-state index in [0.29, 0.717) is 0 Å². The maximum absolute atomic E-state index is 4.21. The maximum Gasteiger partial charge on any atom is 0.0210 e. The summed E-state index contributed by atoms with van der Waals surface area (Å²) in [4.78, 5) is 0. The Morgan fingerprint density at radius 2 is 1.62 bits per heavy atom. The van der Waals surface area contributed by atoms with Gasteiger partial charge in [0, 0.05) is 6.54 Å². The van der Waals surface area contributed by atoms with Gasteiger partial charge in [-0.25, -0.2) is 0 Å². The largest absolute Gasteiger partial charge is 0.313 e. The van der Waals surface area contributed by atoms with Gasteiger partial charge in [0.25, 0.3) is 0 Å². The van der Waals surface area contributed by atoms with Gasteiger partial charge < -0.3 is 5.32 Å². The molecule has 0 heterocycles. The molecule has 0 amide bonds. The third-order valence-corrected chi connectivity index (χ3v) is 3.65. The van der Waals surface area contributed by atoms with Crippen molar-refractivity contribution in [2.75, 3.05) is 12.3 Å². The highest BCUT2D eigenvalue weighted by molar-refractivity contribution is 7.80. The van der Waals surface area contributed by atoms with Gasteiger partial charge in [-0.15, -0.1) is 0 Å². The van der Waals surface area contributed by atoms with E-state index in [-0.39, 0.29) is 0 Å². The Kier molecular flexibility index (Phi) is 5.36. The van der Waals surface area contributed by atoms with E-state index >= 15 is 0 Å². The molecule has 1 N–H and O–H groups in total. The number of aryl methyl sites for hydroxylation is 2. The van der Waals surface area contributed by atoms with Gasteiger partial charge in [0.1, 0.15) is 0 Å². The van der Waals surface area contributed by atoms with Crippen molar-refractivity contribution in [3.05, 3.63) is 33.9 Å². The van der Waals surface area contributed by atoms with Gasteiger partial charge in [-0.2, -0.15) is 12.6 Å². The number of hydrogen-bond donors (Lipinski definition) is 2. The molecule has 1 aromatic rings. The minimum atomic E-state index is 0.956. The van der Waals surface area contributed by atoms with Gasteiger partial charge in [-0.3, -0.25) is 0 Å². The lowest BCUT2D eigenvalue weighted by Crippen LogP contribution is -2.17. The van der Waals surface area contributed by atoms with Crippen LogP contribution in [0.4, 0.5) is 0 Å². The second-order valence-corrected chi connectivity index (χ2v) is 4.94. The monoisotopic (exact) mass is 237 g/mol. The molecule has 0 aliphatic heterocycles. The fraction of sp³-hybridized carbons (Fsp3) is 0.571. The first-order valence-electron chi connectivity index (χ1n) is 5.95. The Morgan fingerprint density at radius 3 is 2.12 bits per heavy atom. The minimum Gasteiger partial charge on any atom is -0.313 e. The number of benzene rings is 1. The van der Waals surface area contributed by atoms with Crippen LogP contribution in [0.5, 0.6) is 0 Å². The Bertz CT molecular complexity index is 332. The summed E-state index contributed by atoms with van der Waals surface area (Å²) in [5, 5.41) is 3.49. The SMILES string of the molecule is Cc1cc(C)c(C)c(CNCCCS)c1C. The van der Waals surface area contributed by atoms with Crippen molar-refractivity contribution in [1.29, 1.82) is 0 Å². The third kappa shape index (κ3) is 3.26. The lowest BCUT2D eigenvalue weighted by molar-refractivity contribution is 0.674. The predicted molar refractivity (Wildman–Crippen MR) is 75.6 cm³/mol. The zero-order chi connectivity index (χ0) is 12.1. The lowest BCUT2D eigenvalue weighted by Gasteiger charge is -2.15. The van der Waals surface area contributed by atoms with Gasteiger partial charge in [0.05, 0.1) is 0 Å². The first-order valence-corrected chi connectivity index (χ1v) is 6.59. The molecule has 1 aromatic carbocycles. The van der Waals surface area contributed by atoms with Crippen LogP contribution >= 0.6 is 12.6 Å². The van der Waals surface area contributed by atoms with E-state index in [1.165, 1.54) is 27.8 Å². The molecule has 0 bridgehead atoms. The van der Waals surface area contributed by atoms with Crippen LogP contribution in [0.25, 0.3) is 0 Å². The van der Waals surface area contributed by atoms with Gasteiger partial charge in [-0.05, 0) is 74.2 Å². The van der Waals surface area contributed by atoms with Crippen LogP contribution in [-0.2, 0) is 6.54 Å². The Hall–Kier alpha value is -0.470.